The summed E-state index contributed by atoms with van der Waals surface area (Å²) in [6.45, 7) is 0. The molecule has 15 heavy (non-hydrogen) atoms. The van der Waals surface area contributed by atoms with Crippen LogP contribution in [0.3, 0.4) is 0 Å². The van der Waals surface area contributed by atoms with Gasteiger partial charge < -0.3 is 9.52 Å². The molecule has 2 aromatic heterocycles. The van der Waals surface area contributed by atoms with Crippen molar-refractivity contribution in [1.82, 2.24) is 15.2 Å². The van der Waals surface area contributed by atoms with Crippen molar-refractivity contribution in [2.24, 2.45) is 0 Å². The van der Waals surface area contributed by atoms with Crippen molar-refractivity contribution in [3.8, 4) is 17.3 Å². The number of phenols is 1. The van der Waals surface area contributed by atoms with Crippen molar-refractivity contribution < 1.29 is 9.52 Å². The minimum atomic E-state index is 0.162. The van der Waals surface area contributed by atoms with Gasteiger partial charge in [0.1, 0.15) is 17.0 Å². The Kier molecular flexibility index (Phi) is 1.53. The van der Waals surface area contributed by atoms with E-state index in [1.165, 1.54) is 6.07 Å². The highest BCUT2D eigenvalue weighted by atomic mass is 16.3. The number of aromatic nitrogens is 3. The molecule has 0 radical (unpaired) electrons. The molecular weight excluding hydrogens is 194 g/mol. The number of hydrogen-bond acceptors (Lipinski definition) is 4. The van der Waals surface area contributed by atoms with Gasteiger partial charge >= 0.3 is 0 Å². The highest BCUT2D eigenvalue weighted by Crippen LogP contribution is 2.24. The molecule has 0 aliphatic rings. The molecule has 0 unspecified atom stereocenters. The molecular formula is C10H7N3O2. The molecule has 2 heterocycles. The third-order valence-electron chi connectivity index (χ3n) is 2.10. The summed E-state index contributed by atoms with van der Waals surface area (Å²) in [4.78, 5) is 4.25. The Morgan fingerprint density at radius 1 is 1.27 bits per heavy atom. The van der Waals surface area contributed by atoms with E-state index in [9.17, 15) is 5.11 Å². The van der Waals surface area contributed by atoms with Gasteiger partial charge in [-0.3, -0.25) is 5.10 Å². The van der Waals surface area contributed by atoms with Crippen molar-refractivity contribution in [3.05, 3.63) is 30.5 Å². The van der Waals surface area contributed by atoms with Crippen molar-refractivity contribution in [1.29, 1.82) is 0 Å². The van der Waals surface area contributed by atoms with Crippen LogP contribution in [0.5, 0.6) is 5.75 Å². The summed E-state index contributed by atoms with van der Waals surface area (Å²) >= 11 is 0. The summed E-state index contributed by atoms with van der Waals surface area (Å²) in [6.07, 6.45) is 1.63. The molecule has 5 heteroatoms. The smallest absolute Gasteiger partial charge is 0.245 e. The lowest BCUT2D eigenvalue weighted by atomic mass is 10.3. The van der Waals surface area contributed by atoms with Gasteiger partial charge in [-0.25, -0.2) is 4.98 Å². The Morgan fingerprint density at radius 3 is 3.00 bits per heavy atom. The van der Waals surface area contributed by atoms with E-state index in [1.54, 1.807) is 24.4 Å². The van der Waals surface area contributed by atoms with Crippen molar-refractivity contribution in [2.75, 3.05) is 0 Å². The largest absolute Gasteiger partial charge is 0.508 e. The van der Waals surface area contributed by atoms with Gasteiger partial charge in [0, 0.05) is 12.3 Å². The van der Waals surface area contributed by atoms with Crippen LogP contribution in [-0.4, -0.2) is 20.3 Å². The SMILES string of the molecule is Oc1ccc2nc(-c3ccn[nH]3)oc2c1. The zero-order chi connectivity index (χ0) is 10.3. The van der Waals surface area contributed by atoms with Crippen LogP contribution in [0.4, 0.5) is 0 Å². The predicted molar refractivity (Wildman–Crippen MR) is 53.3 cm³/mol. The number of benzene rings is 1. The van der Waals surface area contributed by atoms with Crippen LogP contribution in [0.2, 0.25) is 0 Å². The zero-order valence-corrected chi connectivity index (χ0v) is 7.64. The molecule has 0 fully saturated rings. The Bertz CT molecular complexity index is 598. The second-order valence-corrected chi connectivity index (χ2v) is 3.14. The van der Waals surface area contributed by atoms with Crippen LogP contribution >= 0.6 is 0 Å². The first-order chi connectivity index (χ1) is 7.33. The van der Waals surface area contributed by atoms with Crippen molar-refractivity contribution in [2.45, 2.75) is 0 Å². The van der Waals surface area contributed by atoms with Crippen LogP contribution in [-0.2, 0) is 0 Å². The second kappa shape index (κ2) is 2.84. The number of hydrogen-bond donors (Lipinski definition) is 2. The molecule has 0 saturated carbocycles. The lowest BCUT2D eigenvalue weighted by Crippen LogP contribution is -1.75. The molecule has 2 N–H and O–H groups in total. The maximum atomic E-state index is 9.26. The molecule has 0 saturated heterocycles. The van der Waals surface area contributed by atoms with Crippen molar-refractivity contribution >= 4 is 11.1 Å². The van der Waals surface area contributed by atoms with Crippen LogP contribution in [0.15, 0.2) is 34.9 Å². The van der Waals surface area contributed by atoms with Crippen molar-refractivity contribution in [3.63, 3.8) is 0 Å². The van der Waals surface area contributed by atoms with E-state index in [1.807, 2.05) is 0 Å². The Balaban J connectivity index is 2.22. The van der Waals surface area contributed by atoms with Gasteiger partial charge in [0.2, 0.25) is 5.89 Å². The molecule has 0 amide bonds. The normalized spacial score (nSPS) is 10.9. The Labute approximate surface area is 84.4 Å². The van der Waals surface area contributed by atoms with Gasteiger partial charge in [-0.1, -0.05) is 0 Å². The Morgan fingerprint density at radius 2 is 2.20 bits per heavy atom. The lowest BCUT2D eigenvalue weighted by molar-refractivity contribution is 0.474. The fraction of sp³-hybridized carbons (Fsp3) is 0. The standard InChI is InChI=1S/C10H7N3O2/c14-6-1-2-7-9(5-6)15-10(12-7)8-3-4-11-13-8/h1-5,14H,(H,11,13). The maximum absolute atomic E-state index is 9.26. The number of aromatic hydroxyl groups is 1. The molecule has 0 spiro atoms. The first-order valence-corrected chi connectivity index (χ1v) is 4.42. The van der Waals surface area contributed by atoms with Gasteiger partial charge in [-0.05, 0) is 18.2 Å². The van der Waals surface area contributed by atoms with E-state index in [2.05, 4.69) is 15.2 Å². The van der Waals surface area contributed by atoms with Gasteiger partial charge in [-0.15, -0.1) is 0 Å². The monoisotopic (exact) mass is 201 g/mol. The molecule has 1 aromatic carbocycles. The van der Waals surface area contributed by atoms with Crippen LogP contribution < -0.4 is 0 Å². The van der Waals surface area contributed by atoms with Gasteiger partial charge in [0.15, 0.2) is 5.58 Å². The summed E-state index contributed by atoms with van der Waals surface area (Å²) < 4.78 is 5.45. The average Bonchev–Trinajstić information content (AvgIpc) is 2.84. The number of nitrogens with zero attached hydrogens (tertiary/aromatic N) is 2. The molecule has 74 valence electrons. The molecule has 0 aliphatic heterocycles. The number of nitrogens with one attached hydrogen (secondary N) is 1. The summed E-state index contributed by atoms with van der Waals surface area (Å²) in [7, 11) is 0. The number of phenolic OH excluding ortho intramolecular Hbond substituents is 1. The number of rotatable bonds is 1. The Hall–Kier alpha value is -2.30. The van der Waals surface area contributed by atoms with E-state index in [0.717, 1.165) is 0 Å². The van der Waals surface area contributed by atoms with Crippen LogP contribution in [0.1, 0.15) is 0 Å². The highest BCUT2D eigenvalue weighted by molar-refractivity contribution is 5.76. The summed E-state index contributed by atoms with van der Waals surface area (Å²) in [6, 6.07) is 6.57. The number of aromatic amines is 1. The van der Waals surface area contributed by atoms with Gasteiger partial charge in [0.05, 0.1) is 0 Å². The number of H-pyrrole nitrogens is 1. The molecule has 0 atom stereocenters. The van der Waals surface area contributed by atoms with E-state index in [4.69, 9.17) is 4.42 Å². The summed E-state index contributed by atoms with van der Waals surface area (Å²) in [5, 5.41) is 15.8. The third-order valence-corrected chi connectivity index (χ3v) is 2.10. The van der Waals surface area contributed by atoms with E-state index in [-0.39, 0.29) is 5.75 Å². The zero-order valence-electron chi connectivity index (χ0n) is 7.64. The molecule has 0 bridgehead atoms. The van der Waals surface area contributed by atoms with E-state index < -0.39 is 0 Å². The highest BCUT2D eigenvalue weighted by Gasteiger charge is 2.08. The lowest BCUT2D eigenvalue weighted by Gasteiger charge is -1.87. The maximum Gasteiger partial charge on any atom is 0.245 e. The number of fused-ring (bicyclic) bond motifs is 1. The fourth-order valence-corrected chi connectivity index (χ4v) is 1.40. The average molecular weight is 201 g/mol. The van der Waals surface area contributed by atoms with Gasteiger partial charge in [0.25, 0.3) is 0 Å². The summed E-state index contributed by atoms with van der Waals surface area (Å²) in [5.74, 6) is 0.628. The molecule has 3 aromatic rings. The quantitative estimate of drug-likeness (QED) is 0.630. The summed E-state index contributed by atoms with van der Waals surface area (Å²) in [5.41, 5.74) is 1.97. The van der Waals surface area contributed by atoms with Crippen LogP contribution in [0.25, 0.3) is 22.7 Å². The van der Waals surface area contributed by atoms with E-state index >= 15 is 0 Å². The fourth-order valence-electron chi connectivity index (χ4n) is 1.40. The van der Waals surface area contributed by atoms with Crippen LogP contribution in [0, 0.1) is 0 Å². The third kappa shape index (κ3) is 1.25. The first kappa shape index (κ1) is 8.05. The molecule has 5 nitrogen and oxygen atoms in total. The molecule has 3 rings (SSSR count). The first-order valence-electron chi connectivity index (χ1n) is 4.42. The van der Waals surface area contributed by atoms with E-state index in [0.29, 0.717) is 22.7 Å². The number of oxazole rings is 1. The van der Waals surface area contributed by atoms with Gasteiger partial charge in [-0.2, -0.15) is 5.10 Å². The minimum absolute atomic E-state index is 0.162. The second-order valence-electron chi connectivity index (χ2n) is 3.14. The topological polar surface area (TPSA) is 74.9 Å². The minimum Gasteiger partial charge on any atom is -0.508 e. The molecule has 0 aliphatic carbocycles. The predicted octanol–water partition coefficient (Wildman–Crippen LogP) is 1.92.